The number of furan rings is 1. The van der Waals surface area contributed by atoms with Crippen LogP contribution in [0.25, 0.3) is 0 Å². The molecule has 16 heavy (non-hydrogen) atoms. The Morgan fingerprint density at radius 1 is 1.62 bits per heavy atom. The molecule has 0 radical (unpaired) electrons. The number of hydrogen-bond donors (Lipinski definition) is 2. The van der Waals surface area contributed by atoms with Gasteiger partial charge in [0.2, 0.25) is 0 Å². The number of halogens is 3. The van der Waals surface area contributed by atoms with Crippen molar-refractivity contribution in [2.45, 2.75) is 12.0 Å². The fourth-order valence-electron chi connectivity index (χ4n) is 0.914. The molecule has 9 heteroatoms. The Morgan fingerprint density at radius 2 is 2.19 bits per heavy atom. The monoisotopic (exact) mass is 258 g/mol. The summed E-state index contributed by atoms with van der Waals surface area (Å²) in [4.78, 5) is 9.32. The van der Waals surface area contributed by atoms with E-state index in [1.54, 1.807) is 0 Å². The summed E-state index contributed by atoms with van der Waals surface area (Å²) in [6.07, 6.45) is 0. The molecule has 0 aromatic carbocycles. The Morgan fingerprint density at radius 3 is 2.56 bits per heavy atom. The average molecular weight is 259 g/mol. The maximum Gasteiger partial charge on any atom is 0.433 e. The van der Waals surface area contributed by atoms with E-state index in [0.717, 1.165) is 12.1 Å². The molecular formula is C7H9ClF2N2O4. The molecule has 3 N–H and O–H groups in total. The number of rotatable bonds is 4. The van der Waals surface area contributed by atoms with E-state index < -0.39 is 35.1 Å². The second-order valence-electron chi connectivity index (χ2n) is 2.83. The summed E-state index contributed by atoms with van der Waals surface area (Å²) in [5.41, 5.74) is 5.07. The molecule has 0 fully saturated rings. The Kier molecular flexibility index (Phi) is 4.79. The molecule has 0 aliphatic carbocycles. The van der Waals surface area contributed by atoms with Gasteiger partial charge in [0.05, 0.1) is 6.07 Å². The SMILES string of the molecule is Cl.N[C@@H](c1ccc([N+](=O)[O-])o1)C(F)(F)CO. The van der Waals surface area contributed by atoms with Gasteiger partial charge in [-0.05, 0) is 6.07 Å². The lowest BCUT2D eigenvalue weighted by Gasteiger charge is -2.18. The van der Waals surface area contributed by atoms with Crippen molar-refractivity contribution in [2.24, 2.45) is 5.73 Å². The first-order valence-electron chi connectivity index (χ1n) is 3.87. The van der Waals surface area contributed by atoms with Gasteiger partial charge in [0.15, 0.2) is 0 Å². The fraction of sp³-hybridized carbons (Fsp3) is 0.429. The van der Waals surface area contributed by atoms with E-state index in [-0.39, 0.29) is 12.4 Å². The molecule has 0 aliphatic rings. The van der Waals surface area contributed by atoms with Crippen LogP contribution in [0.15, 0.2) is 16.5 Å². The molecule has 1 heterocycles. The first-order chi connectivity index (χ1) is 6.88. The van der Waals surface area contributed by atoms with Crippen LogP contribution in [0.5, 0.6) is 0 Å². The minimum absolute atomic E-state index is 0. The molecule has 0 bridgehead atoms. The van der Waals surface area contributed by atoms with Gasteiger partial charge in [-0.1, -0.05) is 0 Å². The van der Waals surface area contributed by atoms with Gasteiger partial charge in [-0.2, -0.15) is 0 Å². The Labute approximate surface area is 94.6 Å². The number of nitro groups is 1. The van der Waals surface area contributed by atoms with Crippen molar-refractivity contribution >= 4 is 18.3 Å². The van der Waals surface area contributed by atoms with Gasteiger partial charge in [0.1, 0.15) is 23.3 Å². The predicted octanol–water partition coefficient (Wildman–Crippen LogP) is 1.24. The minimum Gasteiger partial charge on any atom is -0.404 e. The number of alkyl halides is 2. The van der Waals surface area contributed by atoms with E-state index in [2.05, 4.69) is 4.42 Å². The van der Waals surface area contributed by atoms with Crippen LogP contribution in [0.3, 0.4) is 0 Å². The molecule has 0 unspecified atom stereocenters. The maximum atomic E-state index is 12.8. The molecule has 1 rings (SSSR count). The molecule has 0 saturated heterocycles. The molecule has 1 aromatic heterocycles. The van der Waals surface area contributed by atoms with Crippen LogP contribution in [-0.2, 0) is 0 Å². The summed E-state index contributed by atoms with van der Waals surface area (Å²) < 4.78 is 30.2. The van der Waals surface area contributed by atoms with Crippen LogP contribution in [0.1, 0.15) is 11.8 Å². The van der Waals surface area contributed by atoms with E-state index in [1.165, 1.54) is 0 Å². The van der Waals surface area contributed by atoms with Crippen molar-refractivity contribution in [3.05, 3.63) is 28.0 Å². The zero-order chi connectivity index (χ0) is 11.6. The summed E-state index contributed by atoms with van der Waals surface area (Å²) in [6.45, 7) is -1.46. The van der Waals surface area contributed by atoms with Crippen LogP contribution >= 0.6 is 12.4 Å². The molecule has 1 aromatic rings. The second-order valence-corrected chi connectivity index (χ2v) is 2.83. The van der Waals surface area contributed by atoms with E-state index in [1.807, 2.05) is 0 Å². The van der Waals surface area contributed by atoms with Crippen LogP contribution in [-0.4, -0.2) is 22.6 Å². The van der Waals surface area contributed by atoms with Crippen LogP contribution in [0, 0.1) is 10.1 Å². The zero-order valence-electron chi connectivity index (χ0n) is 7.80. The largest absolute Gasteiger partial charge is 0.433 e. The Bertz CT molecular complexity index is 371. The van der Waals surface area contributed by atoms with Gasteiger partial charge >= 0.3 is 5.88 Å². The fourth-order valence-corrected chi connectivity index (χ4v) is 0.914. The van der Waals surface area contributed by atoms with Crippen molar-refractivity contribution in [2.75, 3.05) is 6.61 Å². The van der Waals surface area contributed by atoms with Crippen LogP contribution in [0.4, 0.5) is 14.7 Å². The molecule has 6 nitrogen and oxygen atoms in total. The predicted molar refractivity (Wildman–Crippen MR) is 51.6 cm³/mol. The van der Waals surface area contributed by atoms with E-state index in [0.29, 0.717) is 0 Å². The highest BCUT2D eigenvalue weighted by molar-refractivity contribution is 5.85. The van der Waals surface area contributed by atoms with E-state index in [9.17, 15) is 18.9 Å². The van der Waals surface area contributed by atoms with Crippen LogP contribution < -0.4 is 5.73 Å². The number of aliphatic hydroxyl groups excluding tert-OH is 1. The highest BCUT2D eigenvalue weighted by Crippen LogP contribution is 2.31. The number of aliphatic hydroxyl groups is 1. The lowest BCUT2D eigenvalue weighted by molar-refractivity contribution is -0.402. The summed E-state index contributed by atoms with van der Waals surface area (Å²) in [5, 5.41) is 18.5. The normalized spacial score (nSPS) is 13.0. The summed E-state index contributed by atoms with van der Waals surface area (Å²) >= 11 is 0. The first kappa shape index (κ1) is 14.8. The highest BCUT2D eigenvalue weighted by atomic mass is 35.5. The third-order valence-corrected chi connectivity index (χ3v) is 1.76. The van der Waals surface area contributed by atoms with Crippen molar-refractivity contribution < 1.29 is 23.2 Å². The van der Waals surface area contributed by atoms with Gasteiger partial charge in [0.25, 0.3) is 5.92 Å². The molecule has 92 valence electrons. The van der Waals surface area contributed by atoms with Crippen molar-refractivity contribution in [3.8, 4) is 0 Å². The topological polar surface area (TPSA) is 103 Å². The zero-order valence-corrected chi connectivity index (χ0v) is 8.62. The molecule has 0 saturated carbocycles. The quantitative estimate of drug-likeness (QED) is 0.625. The molecule has 0 spiro atoms. The lowest BCUT2D eigenvalue weighted by atomic mass is 10.1. The molecule has 0 amide bonds. The smallest absolute Gasteiger partial charge is 0.404 e. The third kappa shape index (κ3) is 2.87. The first-order valence-corrected chi connectivity index (χ1v) is 3.87. The van der Waals surface area contributed by atoms with Gasteiger partial charge in [-0.25, -0.2) is 8.78 Å². The van der Waals surface area contributed by atoms with E-state index in [4.69, 9.17) is 10.8 Å². The highest BCUT2D eigenvalue weighted by Gasteiger charge is 2.40. The molecular weight excluding hydrogens is 250 g/mol. The Balaban J connectivity index is 0.00000225. The molecule has 0 aliphatic heterocycles. The standard InChI is InChI=1S/C7H8F2N2O4.ClH/c8-7(9,3-12)6(10)4-1-2-5(15-4)11(13)14;/h1-2,6,12H,3,10H2;1H/t6-;/m0./s1. The van der Waals surface area contributed by atoms with Crippen molar-refractivity contribution in [3.63, 3.8) is 0 Å². The van der Waals surface area contributed by atoms with Crippen LogP contribution in [0.2, 0.25) is 0 Å². The van der Waals surface area contributed by atoms with Gasteiger partial charge < -0.3 is 15.3 Å². The minimum atomic E-state index is -3.58. The molecule has 1 atom stereocenters. The third-order valence-electron chi connectivity index (χ3n) is 1.76. The van der Waals surface area contributed by atoms with Gasteiger partial charge in [0, 0.05) is 0 Å². The summed E-state index contributed by atoms with van der Waals surface area (Å²) in [5.74, 6) is -4.69. The number of nitrogens with two attached hydrogens (primary N) is 1. The van der Waals surface area contributed by atoms with Crippen molar-refractivity contribution in [1.82, 2.24) is 0 Å². The average Bonchev–Trinajstić information content (AvgIpc) is 2.65. The Hall–Kier alpha value is -1.25. The number of hydrogen-bond acceptors (Lipinski definition) is 5. The van der Waals surface area contributed by atoms with E-state index >= 15 is 0 Å². The van der Waals surface area contributed by atoms with Gasteiger partial charge in [-0.15, -0.1) is 12.4 Å². The van der Waals surface area contributed by atoms with Gasteiger partial charge in [-0.3, -0.25) is 10.1 Å². The van der Waals surface area contributed by atoms with Crippen molar-refractivity contribution in [1.29, 1.82) is 0 Å². The number of nitrogens with zero attached hydrogens (tertiary/aromatic N) is 1. The summed E-state index contributed by atoms with van der Waals surface area (Å²) in [7, 11) is 0. The summed E-state index contributed by atoms with van der Waals surface area (Å²) in [6, 6.07) is -0.00846. The second kappa shape index (κ2) is 5.19. The maximum absolute atomic E-state index is 12.8. The lowest BCUT2D eigenvalue weighted by Crippen LogP contribution is -2.35.